The predicted molar refractivity (Wildman–Crippen MR) is 154 cm³/mol. The van der Waals surface area contributed by atoms with Gasteiger partial charge in [0.1, 0.15) is 0 Å². The number of imidazole rings is 1. The van der Waals surface area contributed by atoms with Gasteiger partial charge in [-0.15, -0.1) is 0 Å². The molecule has 3 nitrogen and oxygen atoms in total. The van der Waals surface area contributed by atoms with Crippen molar-refractivity contribution < 1.29 is 15.6 Å². The summed E-state index contributed by atoms with van der Waals surface area (Å²) in [7, 11) is 0. The number of pyridine rings is 1. The Morgan fingerprint density at radius 1 is 0.595 bits per heavy atom. The molecule has 0 radical (unpaired) electrons. The molecule has 2 aromatic carbocycles. The van der Waals surface area contributed by atoms with Crippen molar-refractivity contribution >= 4 is 11.2 Å². The molecule has 0 bridgehead atoms. The Kier molecular flexibility index (Phi) is 8.02. The molecule has 0 saturated heterocycles. The fourth-order valence-electron chi connectivity index (χ4n) is 5.34. The molecule has 2 aromatic heterocycles. The summed E-state index contributed by atoms with van der Waals surface area (Å²) in [6.45, 7) is 22.8. The van der Waals surface area contributed by atoms with Gasteiger partial charge in [-0.3, -0.25) is 0 Å². The van der Waals surface area contributed by atoms with Crippen LogP contribution in [0.2, 0.25) is 0 Å². The van der Waals surface area contributed by atoms with Gasteiger partial charge in [0.2, 0.25) is 0 Å². The van der Waals surface area contributed by atoms with Gasteiger partial charge in [0.15, 0.2) is 0 Å². The normalized spacial score (nSPS) is 12.4. The van der Waals surface area contributed by atoms with Crippen molar-refractivity contribution in [1.82, 2.24) is 14.1 Å². The van der Waals surface area contributed by atoms with Crippen LogP contribution in [0.3, 0.4) is 0 Å². The number of para-hydroxylation sites is 1. The molecule has 0 saturated carbocycles. The fourth-order valence-corrected chi connectivity index (χ4v) is 5.77. The third-order valence-electron chi connectivity index (χ3n) is 7.45. The van der Waals surface area contributed by atoms with Gasteiger partial charge in [0.25, 0.3) is 0 Å². The Bertz CT molecular complexity index is 1430. The van der Waals surface area contributed by atoms with Crippen LogP contribution in [0.4, 0.5) is 0 Å². The first-order valence-corrected chi connectivity index (χ1v) is 14.3. The third kappa shape index (κ3) is 4.91. The zero-order valence-electron chi connectivity index (χ0n) is 24.1. The van der Waals surface area contributed by atoms with E-state index in [1.807, 2.05) is 12.3 Å². The van der Waals surface area contributed by atoms with E-state index in [-0.39, 0.29) is 0 Å². The second-order valence-electron chi connectivity index (χ2n) is 11.9. The molecule has 0 atom stereocenters. The quantitative estimate of drug-likeness (QED) is 0.212. The summed E-state index contributed by atoms with van der Waals surface area (Å²) in [5, 5.41) is 0. The average Bonchev–Trinajstić information content (AvgIpc) is 3.13. The standard InChI is InChI=1S/C33H43N3.Cu/c1-20(2)25-17-28(23(7)8)32(29(18-25)24(9)10)35-19-36(33-30(35)15-12-16-34-33)31-26(21(3)4)13-11-14-27(31)22(5)6;/h11-18,20-24H,1-10H3;. The van der Waals surface area contributed by atoms with E-state index in [2.05, 4.69) is 115 Å². The van der Waals surface area contributed by atoms with E-state index in [4.69, 9.17) is 20.6 Å². The summed E-state index contributed by atoms with van der Waals surface area (Å²) in [5.41, 5.74) is 11.0. The van der Waals surface area contributed by atoms with Crippen LogP contribution in [0.1, 0.15) is 127 Å². The van der Waals surface area contributed by atoms with E-state index >= 15 is 0 Å². The van der Waals surface area contributed by atoms with E-state index < -0.39 is 0 Å². The molecule has 0 fully saturated rings. The summed E-state index contributed by atoms with van der Waals surface area (Å²) in [4.78, 5) is 4.93. The van der Waals surface area contributed by atoms with Crippen LogP contribution in [-0.2, 0) is 15.6 Å². The van der Waals surface area contributed by atoms with Crippen molar-refractivity contribution in [2.45, 2.75) is 98.8 Å². The van der Waals surface area contributed by atoms with Crippen molar-refractivity contribution in [3.8, 4) is 11.4 Å². The molecule has 0 aliphatic carbocycles. The van der Waals surface area contributed by atoms with Crippen LogP contribution in [0.5, 0.6) is 0 Å². The van der Waals surface area contributed by atoms with E-state index in [1.54, 1.807) is 0 Å². The monoisotopic (exact) mass is 544 g/mol. The maximum atomic E-state index is 6.62. The summed E-state index contributed by atoms with van der Waals surface area (Å²) >= 11 is 6.62. The predicted octanol–water partition coefficient (Wildman–Crippen LogP) is 9.51. The maximum absolute atomic E-state index is 6.62. The van der Waals surface area contributed by atoms with Crippen LogP contribution in [-0.4, -0.2) is 14.1 Å². The fraction of sp³-hybridized carbons (Fsp3) is 0.455. The summed E-state index contributed by atoms with van der Waals surface area (Å²) < 4.78 is 5.31. The number of nitrogens with zero attached hydrogens (tertiary/aromatic N) is 3. The summed E-state index contributed by atoms with van der Waals surface area (Å²) in [6.07, 6.45) is 1.89. The van der Waals surface area contributed by atoms with Crippen LogP contribution in [0.25, 0.3) is 22.5 Å². The van der Waals surface area contributed by atoms with Crippen molar-refractivity contribution in [2.75, 3.05) is 0 Å². The molecule has 201 valence electrons. The number of fused-ring (bicyclic) bond motifs is 1. The Morgan fingerprint density at radius 3 is 1.54 bits per heavy atom. The molecular formula is C33H43CuN3. The number of hydrogen-bond acceptors (Lipinski definition) is 1. The van der Waals surface area contributed by atoms with Crippen molar-refractivity contribution in [3.05, 3.63) is 80.8 Å². The van der Waals surface area contributed by atoms with Crippen LogP contribution >= 0.6 is 0 Å². The molecule has 0 spiro atoms. The number of hydrogen-bond donors (Lipinski definition) is 0. The first kappa shape index (κ1) is 27.6. The van der Waals surface area contributed by atoms with Gasteiger partial charge < -0.3 is 0 Å². The second kappa shape index (κ2) is 10.8. The SMILES string of the molecule is CC(C)c1cc(C(C)C)c(-n2[c](=[Cu])n(-c3c(C(C)C)cccc3C(C)C)c3ncccc32)c(C(C)C)c1. The van der Waals surface area contributed by atoms with Gasteiger partial charge in [-0.2, -0.15) is 0 Å². The molecule has 0 amide bonds. The summed E-state index contributed by atoms with van der Waals surface area (Å²) in [5.74, 6) is 1.89. The molecule has 0 aliphatic rings. The van der Waals surface area contributed by atoms with Crippen molar-refractivity contribution in [1.29, 1.82) is 0 Å². The van der Waals surface area contributed by atoms with E-state index in [1.165, 1.54) is 39.2 Å². The number of aromatic nitrogens is 3. The molecule has 0 aliphatic heterocycles. The van der Waals surface area contributed by atoms with Gasteiger partial charge in [-0.1, -0.05) is 0 Å². The first-order valence-electron chi connectivity index (χ1n) is 13.8. The van der Waals surface area contributed by atoms with Crippen LogP contribution < -0.4 is 0 Å². The number of rotatable bonds is 7. The van der Waals surface area contributed by atoms with Crippen LogP contribution in [0, 0.1) is 4.32 Å². The molecule has 4 aromatic rings. The summed E-state index contributed by atoms with van der Waals surface area (Å²) in [6, 6.07) is 15.7. The molecular weight excluding hydrogens is 502 g/mol. The van der Waals surface area contributed by atoms with Crippen molar-refractivity contribution in [3.63, 3.8) is 0 Å². The van der Waals surface area contributed by atoms with E-state index in [9.17, 15) is 0 Å². The molecule has 37 heavy (non-hydrogen) atoms. The minimum absolute atomic E-state index is 0.356. The zero-order valence-corrected chi connectivity index (χ0v) is 25.1. The first-order chi connectivity index (χ1) is 17.5. The molecule has 0 N–H and O–H groups in total. The van der Waals surface area contributed by atoms with Crippen LogP contribution in [0.15, 0.2) is 48.7 Å². The van der Waals surface area contributed by atoms with Gasteiger partial charge in [0.05, 0.1) is 0 Å². The van der Waals surface area contributed by atoms with Gasteiger partial charge in [-0.05, 0) is 0 Å². The average molecular weight is 545 g/mol. The molecule has 4 rings (SSSR count). The van der Waals surface area contributed by atoms with E-state index in [0.29, 0.717) is 29.6 Å². The molecule has 0 unspecified atom stereocenters. The van der Waals surface area contributed by atoms with Crippen molar-refractivity contribution in [2.24, 2.45) is 0 Å². The minimum atomic E-state index is 0.356. The van der Waals surface area contributed by atoms with Gasteiger partial charge >= 0.3 is 232 Å². The van der Waals surface area contributed by atoms with E-state index in [0.717, 1.165) is 15.5 Å². The Hall–Kier alpha value is -2.42. The Labute approximate surface area is 231 Å². The third-order valence-corrected chi connectivity index (χ3v) is 7.87. The zero-order chi connectivity index (χ0) is 27.2. The van der Waals surface area contributed by atoms with Gasteiger partial charge in [0, 0.05) is 0 Å². The topological polar surface area (TPSA) is 22.8 Å². The molecule has 2 heterocycles. The van der Waals surface area contributed by atoms with Gasteiger partial charge in [-0.25, -0.2) is 0 Å². The Morgan fingerprint density at radius 2 is 1.08 bits per heavy atom. The molecule has 4 heteroatoms. The Balaban J connectivity index is 2.23. The second-order valence-corrected chi connectivity index (χ2v) is 12.3. The number of benzene rings is 2.